The van der Waals surface area contributed by atoms with E-state index in [9.17, 15) is 9.59 Å². The van der Waals surface area contributed by atoms with Gasteiger partial charge in [0.25, 0.3) is 11.8 Å². The molecule has 0 spiro atoms. The van der Waals surface area contributed by atoms with Crippen LogP contribution in [0.5, 0.6) is 5.75 Å². The number of benzene rings is 2. The van der Waals surface area contributed by atoms with E-state index in [1.165, 1.54) is 0 Å². The maximum absolute atomic E-state index is 13.1. The van der Waals surface area contributed by atoms with Crippen LogP contribution in [0.1, 0.15) is 22.0 Å². The second kappa shape index (κ2) is 8.11. The molecule has 2 fully saturated rings. The Morgan fingerprint density at radius 1 is 1.03 bits per heavy atom. The van der Waals surface area contributed by atoms with Crippen LogP contribution in [0.15, 0.2) is 60.7 Å². The number of aromatic amines is 1. The average molecular weight is 431 g/mol. The Morgan fingerprint density at radius 2 is 1.69 bits per heavy atom. The van der Waals surface area contributed by atoms with Crippen molar-refractivity contribution in [3.63, 3.8) is 0 Å². The van der Waals surface area contributed by atoms with Crippen LogP contribution in [0.2, 0.25) is 0 Å². The van der Waals surface area contributed by atoms with Crippen LogP contribution < -0.4 is 4.74 Å². The molecule has 3 heterocycles. The maximum atomic E-state index is 13.1. The van der Waals surface area contributed by atoms with Gasteiger partial charge in [0.15, 0.2) is 12.4 Å². The lowest BCUT2D eigenvalue weighted by atomic mass is 9.80. The molecule has 8 heteroatoms. The lowest BCUT2D eigenvalue weighted by Crippen LogP contribution is -2.42. The van der Waals surface area contributed by atoms with Crippen LogP contribution >= 0.6 is 0 Å². The van der Waals surface area contributed by atoms with Gasteiger partial charge in [-0.3, -0.25) is 14.7 Å². The van der Waals surface area contributed by atoms with Gasteiger partial charge in [-0.05, 0) is 31.2 Å². The number of nitrogens with zero attached hydrogens (tertiary/aromatic N) is 4. The molecular formula is C24H25N5O3. The van der Waals surface area contributed by atoms with Gasteiger partial charge in [-0.2, -0.15) is 5.10 Å². The predicted molar refractivity (Wildman–Crippen MR) is 117 cm³/mol. The largest absolute Gasteiger partial charge is 0.484 e. The highest BCUT2D eigenvalue weighted by atomic mass is 16.5. The van der Waals surface area contributed by atoms with E-state index in [2.05, 4.69) is 15.2 Å². The van der Waals surface area contributed by atoms with Crippen molar-refractivity contribution in [3.8, 4) is 5.75 Å². The lowest BCUT2D eigenvalue weighted by Gasteiger charge is -2.27. The molecule has 0 bridgehead atoms. The zero-order chi connectivity index (χ0) is 22.1. The molecule has 2 atom stereocenters. The second-order valence-corrected chi connectivity index (χ2v) is 8.53. The minimum atomic E-state index is -0.488. The summed E-state index contributed by atoms with van der Waals surface area (Å²) in [4.78, 5) is 34.3. The number of hydrogen-bond acceptors (Lipinski definition) is 5. The van der Waals surface area contributed by atoms with Gasteiger partial charge < -0.3 is 14.5 Å². The van der Waals surface area contributed by atoms with Crippen LogP contribution in [0.25, 0.3) is 0 Å². The first-order valence-electron chi connectivity index (χ1n) is 10.7. The van der Waals surface area contributed by atoms with E-state index < -0.39 is 5.41 Å². The third-order valence-electron chi connectivity index (χ3n) is 6.42. The van der Waals surface area contributed by atoms with E-state index in [0.717, 1.165) is 5.82 Å². The van der Waals surface area contributed by atoms with Gasteiger partial charge in [0.1, 0.15) is 11.6 Å². The van der Waals surface area contributed by atoms with Gasteiger partial charge in [-0.15, -0.1) is 0 Å². The van der Waals surface area contributed by atoms with Gasteiger partial charge >= 0.3 is 0 Å². The number of H-pyrrole nitrogens is 1. The summed E-state index contributed by atoms with van der Waals surface area (Å²) < 4.78 is 5.67. The molecule has 0 radical (unpaired) electrons. The van der Waals surface area contributed by atoms with Crippen molar-refractivity contribution in [2.45, 2.75) is 12.3 Å². The summed E-state index contributed by atoms with van der Waals surface area (Å²) >= 11 is 0. The van der Waals surface area contributed by atoms with E-state index in [1.807, 2.05) is 77.4 Å². The number of hydrogen-bond donors (Lipinski definition) is 1. The van der Waals surface area contributed by atoms with Gasteiger partial charge in [0.05, 0.1) is 5.41 Å². The number of nitrogens with one attached hydrogen (secondary N) is 1. The molecule has 2 saturated heterocycles. The topological polar surface area (TPSA) is 91.4 Å². The van der Waals surface area contributed by atoms with Crippen molar-refractivity contribution < 1.29 is 14.3 Å². The first-order valence-corrected chi connectivity index (χ1v) is 10.7. The molecule has 3 aromatic rings. The smallest absolute Gasteiger partial charge is 0.260 e. The minimum Gasteiger partial charge on any atom is -0.484 e. The fraction of sp³-hybridized carbons (Fsp3) is 0.333. The van der Waals surface area contributed by atoms with Crippen LogP contribution in [0.4, 0.5) is 0 Å². The summed E-state index contributed by atoms with van der Waals surface area (Å²) in [5.41, 5.74) is 0.176. The highest BCUT2D eigenvalue weighted by Gasteiger charge is 2.57. The van der Waals surface area contributed by atoms with Crippen LogP contribution in [0.3, 0.4) is 0 Å². The summed E-state index contributed by atoms with van der Waals surface area (Å²) in [6, 6.07) is 18.6. The molecular weight excluding hydrogens is 406 g/mol. The normalized spacial score (nSPS) is 22.1. The van der Waals surface area contributed by atoms with Crippen LogP contribution in [-0.4, -0.2) is 69.6 Å². The molecule has 2 aromatic carbocycles. The third kappa shape index (κ3) is 3.62. The van der Waals surface area contributed by atoms with Crippen molar-refractivity contribution in [2.75, 3.05) is 32.8 Å². The molecule has 0 unspecified atom stereocenters. The molecule has 0 saturated carbocycles. The van der Waals surface area contributed by atoms with Crippen LogP contribution in [-0.2, 0) is 10.2 Å². The predicted octanol–water partition coefficient (Wildman–Crippen LogP) is 2.04. The summed E-state index contributed by atoms with van der Waals surface area (Å²) in [5.74, 6) is 2.04. The van der Waals surface area contributed by atoms with Crippen LogP contribution in [0, 0.1) is 12.8 Å². The molecule has 2 aliphatic heterocycles. The number of fused-ring (bicyclic) bond motifs is 1. The molecule has 164 valence electrons. The zero-order valence-electron chi connectivity index (χ0n) is 17.9. The maximum Gasteiger partial charge on any atom is 0.260 e. The standard InChI is InChI=1S/C24H25N5O3/c1-17-25-23(27-26-17)24-15-28(21(30)14-32-20-10-6-3-7-11-20)12-19(24)13-29(16-24)22(31)18-8-4-2-5-9-18/h2-11,19H,12-16H2,1H3,(H,25,26,27)/t19-,24-/m1/s1. The molecule has 2 aliphatic rings. The van der Waals surface area contributed by atoms with Gasteiger partial charge in [-0.1, -0.05) is 36.4 Å². The third-order valence-corrected chi connectivity index (χ3v) is 6.42. The summed E-state index contributed by atoms with van der Waals surface area (Å²) in [5, 5.41) is 7.37. The number of carbonyl (C=O) groups is 2. The molecule has 0 aliphatic carbocycles. The number of rotatable bonds is 5. The fourth-order valence-electron chi connectivity index (χ4n) is 4.81. The monoisotopic (exact) mass is 431 g/mol. The molecule has 32 heavy (non-hydrogen) atoms. The molecule has 1 aromatic heterocycles. The first-order chi connectivity index (χ1) is 15.5. The van der Waals surface area contributed by atoms with Crippen molar-refractivity contribution >= 4 is 11.8 Å². The number of carbonyl (C=O) groups excluding carboxylic acids is 2. The second-order valence-electron chi connectivity index (χ2n) is 8.53. The van der Waals surface area contributed by atoms with Crippen molar-refractivity contribution in [3.05, 3.63) is 77.9 Å². The first kappa shape index (κ1) is 20.2. The number of ether oxygens (including phenoxy) is 1. The highest BCUT2D eigenvalue weighted by Crippen LogP contribution is 2.44. The Morgan fingerprint density at radius 3 is 2.38 bits per heavy atom. The highest BCUT2D eigenvalue weighted by molar-refractivity contribution is 5.94. The van der Waals surface area contributed by atoms with Gasteiger partial charge in [0, 0.05) is 37.7 Å². The molecule has 8 nitrogen and oxygen atoms in total. The number of aromatic nitrogens is 3. The molecule has 2 amide bonds. The fourth-order valence-corrected chi connectivity index (χ4v) is 4.81. The Kier molecular flexibility index (Phi) is 5.13. The van der Waals surface area contributed by atoms with E-state index >= 15 is 0 Å². The minimum absolute atomic E-state index is 0.00285. The van der Waals surface area contributed by atoms with Crippen molar-refractivity contribution in [1.82, 2.24) is 25.0 Å². The number of aryl methyl sites for hydroxylation is 1. The van der Waals surface area contributed by atoms with Crippen molar-refractivity contribution in [2.24, 2.45) is 5.92 Å². The molecule has 5 rings (SSSR count). The summed E-state index contributed by atoms with van der Waals surface area (Å²) in [7, 11) is 0. The van der Waals surface area contributed by atoms with E-state index in [1.54, 1.807) is 0 Å². The summed E-state index contributed by atoms with van der Waals surface area (Å²) in [6.07, 6.45) is 0. The van der Waals surface area contributed by atoms with Gasteiger partial charge in [-0.25, -0.2) is 4.98 Å². The van der Waals surface area contributed by atoms with E-state index in [0.29, 0.717) is 43.3 Å². The summed E-state index contributed by atoms with van der Waals surface area (Å²) in [6.45, 7) is 3.88. The van der Waals surface area contributed by atoms with E-state index in [4.69, 9.17) is 4.74 Å². The number of para-hydroxylation sites is 1. The zero-order valence-corrected chi connectivity index (χ0v) is 17.9. The Balaban J connectivity index is 1.35. The molecule has 1 N–H and O–H groups in total. The van der Waals surface area contributed by atoms with E-state index in [-0.39, 0.29) is 24.3 Å². The average Bonchev–Trinajstić information content (AvgIpc) is 3.51. The lowest BCUT2D eigenvalue weighted by molar-refractivity contribution is -0.132. The number of likely N-dealkylation sites (tertiary alicyclic amines) is 2. The Bertz CT molecular complexity index is 1120. The number of amides is 2. The SMILES string of the molecule is Cc1nc([C@@]23CN(C(=O)COc4ccccc4)C[C@@H]2CN(C(=O)c2ccccc2)C3)n[nH]1. The Hall–Kier alpha value is -3.68. The quantitative estimate of drug-likeness (QED) is 0.668. The van der Waals surface area contributed by atoms with Crippen molar-refractivity contribution in [1.29, 1.82) is 0 Å². The van der Waals surface area contributed by atoms with Gasteiger partial charge in [0.2, 0.25) is 0 Å². The Labute approximate surface area is 186 Å².